The van der Waals surface area contributed by atoms with Crippen LogP contribution in [0.25, 0.3) is 0 Å². The number of hydrogen-bond acceptors (Lipinski definition) is 2. The van der Waals surface area contributed by atoms with E-state index in [0.717, 1.165) is 0 Å². The Morgan fingerprint density at radius 2 is 1.47 bits per heavy atom. The second-order valence-corrected chi connectivity index (χ2v) is 5.64. The van der Waals surface area contributed by atoms with E-state index in [1.807, 2.05) is 0 Å². The number of aryl methyl sites for hydroxylation is 2. The highest BCUT2D eigenvalue weighted by Crippen LogP contribution is 2.33. The van der Waals surface area contributed by atoms with Crippen molar-refractivity contribution in [2.75, 3.05) is 18.6 Å². The van der Waals surface area contributed by atoms with Crippen molar-refractivity contribution in [3.8, 4) is 0 Å². The summed E-state index contributed by atoms with van der Waals surface area (Å²) in [5.74, 6) is 0. The third-order valence-corrected chi connectivity index (χ3v) is 3.96. The maximum Gasteiger partial charge on any atom is 0.0658 e. The Balaban J connectivity index is 3.41. The van der Waals surface area contributed by atoms with Gasteiger partial charge in [0.25, 0.3) is 0 Å². The van der Waals surface area contributed by atoms with Gasteiger partial charge in [-0.15, -0.1) is 0 Å². The molecule has 1 aromatic rings. The van der Waals surface area contributed by atoms with Crippen LogP contribution in [0, 0.1) is 27.7 Å². The summed E-state index contributed by atoms with van der Waals surface area (Å²) in [5, 5.41) is 9.50. The zero-order valence-corrected chi connectivity index (χ0v) is 12.2. The number of benzene rings is 1. The smallest absolute Gasteiger partial charge is 0.0658 e. The Morgan fingerprint density at radius 3 is 1.82 bits per heavy atom. The first-order valence-corrected chi connectivity index (χ1v) is 6.14. The molecule has 0 heterocycles. The molecule has 96 valence electrons. The predicted molar refractivity (Wildman–Crippen MR) is 75.0 cm³/mol. The number of hydrogen-bond donors (Lipinski definition) is 1. The number of nitrogens with zero attached hydrogens (tertiary/aromatic N) is 1. The van der Waals surface area contributed by atoms with Gasteiger partial charge in [0.05, 0.1) is 12.1 Å². The van der Waals surface area contributed by atoms with Crippen LogP contribution >= 0.6 is 0 Å². The van der Waals surface area contributed by atoms with E-state index in [0.29, 0.717) is 0 Å². The fourth-order valence-corrected chi connectivity index (χ4v) is 2.11. The Hall–Kier alpha value is -1.02. The fraction of sp³-hybridized carbons (Fsp3) is 0.600. The highest BCUT2D eigenvalue weighted by Gasteiger charge is 2.25. The van der Waals surface area contributed by atoms with Gasteiger partial charge in [-0.3, -0.25) is 0 Å². The lowest BCUT2D eigenvalue weighted by atomic mass is 9.94. The first-order chi connectivity index (χ1) is 7.72. The molecule has 0 saturated carbocycles. The van der Waals surface area contributed by atoms with Crippen LogP contribution in [0.4, 0.5) is 5.69 Å². The van der Waals surface area contributed by atoms with E-state index in [-0.39, 0.29) is 12.1 Å². The van der Waals surface area contributed by atoms with E-state index in [9.17, 15) is 5.11 Å². The highest BCUT2D eigenvalue weighted by atomic mass is 16.3. The third-order valence-electron chi connectivity index (χ3n) is 3.96. The molecular weight excluding hydrogens is 210 g/mol. The molecule has 0 amide bonds. The first-order valence-electron chi connectivity index (χ1n) is 6.14. The van der Waals surface area contributed by atoms with Gasteiger partial charge in [0.2, 0.25) is 0 Å². The van der Waals surface area contributed by atoms with Gasteiger partial charge in [-0.1, -0.05) is 6.07 Å². The molecule has 2 heteroatoms. The average Bonchev–Trinajstić information content (AvgIpc) is 2.26. The standard InChI is InChI=1S/C15H25NO/c1-10-8-11(2)13(4)14(12(10)3)16(7)15(5,6)9-17/h8,17H,9H2,1-7H3. The van der Waals surface area contributed by atoms with Crippen molar-refractivity contribution in [2.24, 2.45) is 0 Å². The number of aliphatic hydroxyl groups excluding tert-OH is 1. The molecule has 0 atom stereocenters. The van der Waals surface area contributed by atoms with Crippen molar-refractivity contribution in [3.63, 3.8) is 0 Å². The molecule has 0 aliphatic heterocycles. The van der Waals surface area contributed by atoms with Crippen LogP contribution in [0.5, 0.6) is 0 Å². The molecule has 0 saturated heterocycles. The van der Waals surface area contributed by atoms with E-state index in [2.05, 4.69) is 59.6 Å². The first kappa shape index (κ1) is 14.0. The summed E-state index contributed by atoms with van der Waals surface area (Å²) >= 11 is 0. The lowest BCUT2D eigenvalue weighted by molar-refractivity contribution is 0.216. The zero-order chi connectivity index (χ0) is 13.4. The van der Waals surface area contributed by atoms with E-state index in [1.54, 1.807) is 0 Å². The highest BCUT2D eigenvalue weighted by molar-refractivity contribution is 5.64. The van der Waals surface area contributed by atoms with Crippen molar-refractivity contribution in [3.05, 3.63) is 28.3 Å². The van der Waals surface area contributed by atoms with Crippen molar-refractivity contribution in [2.45, 2.75) is 47.1 Å². The molecule has 0 spiro atoms. The quantitative estimate of drug-likeness (QED) is 0.870. The van der Waals surface area contributed by atoms with Crippen LogP contribution in [0.15, 0.2) is 6.07 Å². The minimum absolute atomic E-state index is 0.148. The van der Waals surface area contributed by atoms with Crippen LogP contribution in [0.2, 0.25) is 0 Å². The minimum atomic E-state index is -0.240. The SMILES string of the molecule is Cc1cc(C)c(C)c(N(C)C(C)(C)CO)c1C. The Kier molecular flexibility index (Phi) is 3.88. The number of anilines is 1. The summed E-state index contributed by atoms with van der Waals surface area (Å²) < 4.78 is 0. The van der Waals surface area contributed by atoms with E-state index in [4.69, 9.17) is 0 Å². The van der Waals surface area contributed by atoms with Crippen molar-refractivity contribution >= 4 is 5.69 Å². The molecule has 1 rings (SSSR count). The summed E-state index contributed by atoms with van der Waals surface area (Å²) in [5.41, 5.74) is 6.23. The summed E-state index contributed by atoms with van der Waals surface area (Å²) in [6.45, 7) is 12.9. The average molecular weight is 235 g/mol. The number of rotatable bonds is 3. The van der Waals surface area contributed by atoms with Gasteiger partial charge in [-0.2, -0.15) is 0 Å². The molecule has 2 nitrogen and oxygen atoms in total. The molecule has 0 radical (unpaired) electrons. The summed E-state index contributed by atoms with van der Waals surface area (Å²) in [6.07, 6.45) is 0. The summed E-state index contributed by atoms with van der Waals surface area (Å²) in [4.78, 5) is 2.19. The molecule has 0 aromatic heterocycles. The largest absolute Gasteiger partial charge is 0.394 e. The van der Waals surface area contributed by atoms with Crippen molar-refractivity contribution in [1.82, 2.24) is 0 Å². The Bertz CT molecular complexity index is 395. The second-order valence-electron chi connectivity index (χ2n) is 5.64. The second kappa shape index (κ2) is 4.69. The molecule has 0 aliphatic carbocycles. The van der Waals surface area contributed by atoms with Crippen LogP contribution < -0.4 is 4.90 Å². The maximum absolute atomic E-state index is 9.50. The topological polar surface area (TPSA) is 23.5 Å². The predicted octanol–water partition coefficient (Wildman–Crippen LogP) is 3.13. The fourth-order valence-electron chi connectivity index (χ4n) is 2.11. The molecule has 0 aliphatic rings. The molecular formula is C15H25NO. The van der Waals surface area contributed by atoms with Crippen LogP contribution in [-0.4, -0.2) is 24.3 Å². The van der Waals surface area contributed by atoms with E-state index >= 15 is 0 Å². The lowest BCUT2D eigenvalue weighted by Gasteiger charge is -2.38. The van der Waals surface area contributed by atoms with Gasteiger partial charge in [0, 0.05) is 12.7 Å². The monoisotopic (exact) mass is 235 g/mol. The molecule has 1 aromatic carbocycles. The molecule has 17 heavy (non-hydrogen) atoms. The summed E-state index contributed by atoms with van der Waals surface area (Å²) in [6, 6.07) is 2.23. The Labute approximate surface area is 105 Å². The van der Waals surface area contributed by atoms with Gasteiger partial charge in [-0.25, -0.2) is 0 Å². The van der Waals surface area contributed by atoms with E-state index < -0.39 is 0 Å². The van der Waals surface area contributed by atoms with Crippen molar-refractivity contribution in [1.29, 1.82) is 0 Å². The molecule has 0 fully saturated rings. The van der Waals surface area contributed by atoms with Gasteiger partial charge in [0.1, 0.15) is 0 Å². The zero-order valence-electron chi connectivity index (χ0n) is 12.2. The minimum Gasteiger partial charge on any atom is -0.394 e. The lowest BCUT2D eigenvalue weighted by Crippen LogP contribution is -2.45. The summed E-state index contributed by atoms with van der Waals surface area (Å²) in [7, 11) is 2.06. The van der Waals surface area contributed by atoms with Gasteiger partial charge < -0.3 is 10.0 Å². The van der Waals surface area contributed by atoms with E-state index in [1.165, 1.54) is 27.9 Å². The van der Waals surface area contributed by atoms with Crippen LogP contribution in [0.3, 0.4) is 0 Å². The molecule has 1 N–H and O–H groups in total. The van der Waals surface area contributed by atoms with Crippen molar-refractivity contribution < 1.29 is 5.11 Å². The van der Waals surface area contributed by atoms with Crippen LogP contribution in [0.1, 0.15) is 36.1 Å². The normalized spacial score (nSPS) is 11.8. The Morgan fingerprint density at radius 1 is 1.06 bits per heavy atom. The maximum atomic E-state index is 9.50. The van der Waals surface area contributed by atoms with Gasteiger partial charge in [0.15, 0.2) is 0 Å². The number of likely N-dealkylation sites (N-methyl/N-ethyl adjacent to an activating group) is 1. The van der Waals surface area contributed by atoms with Gasteiger partial charge >= 0.3 is 0 Å². The molecule has 0 bridgehead atoms. The number of aliphatic hydroxyl groups is 1. The molecule has 0 unspecified atom stereocenters. The van der Waals surface area contributed by atoms with Gasteiger partial charge in [-0.05, 0) is 63.8 Å². The third kappa shape index (κ3) is 2.47. The van der Waals surface area contributed by atoms with Crippen LogP contribution in [-0.2, 0) is 0 Å².